The highest BCUT2D eigenvalue weighted by Crippen LogP contribution is 2.25. The van der Waals surface area contributed by atoms with E-state index in [-0.39, 0.29) is 0 Å². The van der Waals surface area contributed by atoms with Crippen molar-refractivity contribution >= 4 is 29.4 Å². The molecule has 1 saturated heterocycles. The monoisotopic (exact) mass is 375 g/mol. The number of hydrogen-bond acceptors (Lipinski definition) is 3. The average molecular weight is 376 g/mol. The van der Waals surface area contributed by atoms with Crippen molar-refractivity contribution in [2.24, 2.45) is 0 Å². The molecule has 0 saturated carbocycles. The predicted molar refractivity (Wildman–Crippen MR) is 115 cm³/mol. The zero-order valence-electron chi connectivity index (χ0n) is 15.1. The molecule has 4 rings (SSSR count). The third-order valence-electron chi connectivity index (χ3n) is 4.78. The molecule has 1 aliphatic heterocycles. The van der Waals surface area contributed by atoms with Crippen molar-refractivity contribution in [3.8, 4) is 11.1 Å². The average Bonchev–Trinajstić information content (AvgIpc) is 2.73. The molecule has 136 valence electrons. The van der Waals surface area contributed by atoms with Gasteiger partial charge in [0.15, 0.2) is 0 Å². The molecule has 1 aliphatic rings. The Kier molecular flexibility index (Phi) is 5.52. The van der Waals surface area contributed by atoms with Gasteiger partial charge in [0, 0.05) is 49.3 Å². The number of pyridine rings is 1. The molecule has 0 aliphatic carbocycles. The van der Waals surface area contributed by atoms with Crippen LogP contribution in [-0.4, -0.2) is 31.2 Å². The summed E-state index contributed by atoms with van der Waals surface area (Å²) < 4.78 is 0. The number of aromatic nitrogens is 1. The first-order valence-corrected chi connectivity index (χ1v) is 9.60. The molecule has 0 amide bonds. The second-order valence-electron chi connectivity index (χ2n) is 6.67. The van der Waals surface area contributed by atoms with E-state index >= 15 is 0 Å². The van der Waals surface area contributed by atoms with Gasteiger partial charge in [-0.05, 0) is 64.7 Å². The standard InChI is InChI=1S/C23H22ClN3/c24-22-16-19(15-21(17-22)20-7-9-25-10-8-20)2-1-18-3-5-23(6-4-18)27-13-11-26-12-14-27/h1-10,15-17,26H,11-14H2/b2-1+. The number of hydrogen-bond donors (Lipinski definition) is 1. The minimum atomic E-state index is 0.734. The fourth-order valence-corrected chi connectivity index (χ4v) is 3.57. The Labute approximate surface area is 165 Å². The third kappa shape index (κ3) is 4.57. The minimum Gasteiger partial charge on any atom is -0.369 e. The van der Waals surface area contributed by atoms with Crippen molar-refractivity contribution in [1.29, 1.82) is 0 Å². The van der Waals surface area contributed by atoms with Crippen molar-refractivity contribution in [3.05, 3.63) is 83.1 Å². The topological polar surface area (TPSA) is 28.2 Å². The van der Waals surface area contributed by atoms with E-state index in [9.17, 15) is 0 Å². The van der Waals surface area contributed by atoms with E-state index in [1.807, 2.05) is 24.3 Å². The van der Waals surface area contributed by atoms with Crippen molar-refractivity contribution in [3.63, 3.8) is 0 Å². The van der Waals surface area contributed by atoms with Crippen LogP contribution in [0.2, 0.25) is 5.02 Å². The van der Waals surface area contributed by atoms with Gasteiger partial charge < -0.3 is 10.2 Å². The molecule has 3 aromatic rings. The first-order valence-electron chi connectivity index (χ1n) is 9.23. The predicted octanol–water partition coefficient (Wildman–Crippen LogP) is 4.98. The Morgan fingerprint density at radius 2 is 1.52 bits per heavy atom. The van der Waals surface area contributed by atoms with E-state index in [0.717, 1.165) is 47.9 Å². The van der Waals surface area contributed by atoms with Crippen LogP contribution in [-0.2, 0) is 0 Å². The van der Waals surface area contributed by atoms with Crippen LogP contribution in [0.1, 0.15) is 11.1 Å². The second kappa shape index (κ2) is 8.38. The Hall–Kier alpha value is -2.62. The Morgan fingerprint density at radius 1 is 0.815 bits per heavy atom. The molecular weight excluding hydrogens is 354 g/mol. The molecule has 0 unspecified atom stereocenters. The van der Waals surface area contributed by atoms with Gasteiger partial charge in [-0.25, -0.2) is 0 Å². The summed E-state index contributed by atoms with van der Waals surface area (Å²) >= 11 is 6.33. The van der Waals surface area contributed by atoms with Crippen LogP contribution in [0.25, 0.3) is 23.3 Å². The second-order valence-corrected chi connectivity index (χ2v) is 7.11. The van der Waals surface area contributed by atoms with Gasteiger partial charge in [0.2, 0.25) is 0 Å². The number of benzene rings is 2. The first kappa shape index (κ1) is 17.8. The summed E-state index contributed by atoms with van der Waals surface area (Å²) in [5.74, 6) is 0. The maximum Gasteiger partial charge on any atom is 0.0418 e. The summed E-state index contributed by atoms with van der Waals surface area (Å²) in [7, 11) is 0. The lowest BCUT2D eigenvalue weighted by atomic mass is 10.0. The van der Waals surface area contributed by atoms with Crippen LogP contribution >= 0.6 is 11.6 Å². The number of nitrogens with zero attached hydrogens (tertiary/aromatic N) is 2. The maximum atomic E-state index is 6.33. The van der Waals surface area contributed by atoms with Gasteiger partial charge in [0.25, 0.3) is 0 Å². The Morgan fingerprint density at radius 3 is 2.26 bits per heavy atom. The fraction of sp³-hybridized carbons (Fsp3) is 0.174. The Bertz CT molecular complexity index is 914. The first-order chi connectivity index (χ1) is 13.3. The maximum absolute atomic E-state index is 6.33. The largest absolute Gasteiger partial charge is 0.369 e. The van der Waals surface area contributed by atoms with Crippen molar-refractivity contribution in [1.82, 2.24) is 10.3 Å². The van der Waals surface area contributed by atoms with E-state index < -0.39 is 0 Å². The van der Waals surface area contributed by atoms with Crippen molar-refractivity contribution < 1.29 is 0 Å². The molecule has 0 radical (unpaired) electrons. The molecule has 2 aromatic carbocycles. The van der Waals surface area contributed by atoms with E-state index in [1.54, 1.807) is 12.4 Å². The quantitative estimate of drug-likeness (QED) is 0.651. The summed E-state index contributed by atoms with van der Waals surface area (Å²) in [6.45, 7) is 4.23. The highest BCUT2D eigenvalue weighted by molar-refractivity contribution is 6.31. The van der Waals surface area contributed by atoms with Gasteiger partial charge in [-0.1, -0.05) is 35.9 Å². The van der Waals surface area contributed by atoms with E-state index in [0.29, 0.717) is 0 Å². The number of halogens is 1. The summed E-state index contributed by atoms with van der Waals surface area (Å²) in [6.07, 6.45) is 7.83. The third-order valence-corrected chi connectivity index (χ3v) is 5.00. The smallest absolute Gasteiger partial charge is 0.0418 e. The molecule has 0 bridgehead atoms. The van der Waals surface area contributed by atoms with Crippen molar-refractivity contribution in [2.45, 2.75) is 0 Å². The molecular formula is C23H22ClN3. The van der Waals surface area contributed by atoms with E-state index in [1.165, 1.54) is 11.3 Å². The van der Waals surface area contributed by atoms with Gasteiger partial charge >= 0.3 is 0 Å². The lowest BCUT2D eigenvalue weighted by Gasteiger charge is -2.29. The Balaban J connectivity index is 1.51. The fourth-order valence-electron chi connectivity index (χ4n) is 3.33. The van der Waals surface area contributed by atoms with Crippen LogP contribution < -0.4 is 10.2 Å². The van der Waals surface area contributed by atoms with E-state index in [2.05, 4.69) is 57.7 Å². The van der Waals surface area contributed by atoms with E-state index in [4.69, 9.17) is 11.6 Å². The summed E-state index contributed by atoms with van der Waals surface area (Å²) in [4.78, 5) is 6.50. The zero-order chi connectivity index (χ0) is 18.5. The molecule has 0 spiro atoms. The normalized spacial score (nSPS) is 14.6. The van der Waals surface area contributed by atoms with Gasteiger partial charge in [0.05, 0.1) is 0 Å². The number of rotatable bonds is 4. The van der Waals surface area contributed by atoms with Gasteiger partial charge in [0.1, 0.15) is 0 Å². The van der Waals surface area contributed by atoms with Crippen LogP contribution in [0.4, 0.5) is 5.69 Å². The molecule has 0 atom stereocenters. The lowest BCUT2D eigenvalue weighted by molar-refractivity contribution is 0.589. The van der Waals surface area contributed by atoms with Gasteiger partial charge in [-0.15, -0.1) is 0 Å². The summed E-state index contributed by atoms with van der Waals surface area (Å²) in [5.41, 5.74) is 5.76. The van der Waals surface area contributed by atoms with Gasteiger partial charge in [-0.2, -0.15) is 0 Å². The summed E-state index contributed by atoms with van der Waals surface area (Å²) in [5, 5.41) is 4.12. The SMILES string of the molecule is Clc1cc(/C=C/c2ccc(N3CCNCC3)cc2)cc(-c2ccncc2)c1. The highest BCUT2D eigenvalue weighted by Gasteiger charge is 2.09. The number of anilines is 1. The molecule has 1 fully saturated rings. The van der Waals surface area contributed by atoms with Crippen LogP contribution in [0.3, 0.4) is 0 Å². The number of piperazine rings is 1. The van der Waals surface area contributed by atoms with Crippen LogP contribution in [0, 0.1) is 0 Å². The number of nitrogens with one attached hydrogen (secondary N) is 1. The molecule has 2 heterocycles. The summed E-state index contributed by atoms with van der Waals surface area (Å²) in [6, 6.07) is 18.8. The van der Waals surface area contributed by atoms with Gasteiger partial charge in [-0.3, -0.25) is 4.98 Å². The lowest BCUT2D eigenvalue weighted by Crippen LogP contribution is -2.43. The molecule has 4 heteroatoms. The molecule has 1 N–H and O–H groups in total. The highest BCUT2D eigenvalue weighted by atomic mass is 35.5. The molecule has 1 aromatic heterocycles. The molecule has 27 heavy (non-hydrogen) atoms. The van der Waals surface area contributed by atoms with Crippen LogP contribution in [0.15, 0.2) is 67.0 Å². The molecule has 3 nitrogen and oxygen atoms in total. The minimum absolute atomic E-state index is 0.734. The van der Waals surface area contributed by atoms with Crippen LogP contribution in [0.5, 0.6) is 0 Å². The van der Waals surface area contributed by atoms with Crippen molar-refractivity contribution in [2.75, 3.05) is 31.1 Å². The zero-order valence-corrected chi connectivity index (χ0v) is 15.9.